The number of nitrogens with zero attached hydrogens (tertiary/aromatic N) is 1. The van der Waals surface area contributed by atoms with Crippen LogP contribution in [-0.2, 0) is 14.6 Å². The number of rotatable bonds is 5. The Bertz CT molecular complexity index is 514. The minimum atomic E-state index is -2.90. The van der Waals surface area contributed by atoms with E-state index in [1.54, 1.807) is 0 Å². The Morgan fingerprint density at radius 1 is 1.18 bits per heavy atom. The van der Waals surface area contributed by atoms with Gasteiger partial charge in [0.1, 0.15) is 0 Å². The highest BCUT2D eigenvalue weighted by Crippen LogP contribution is 2.17. The molecule has 2 rings (SSSR count). The van der Waals surface area contributed by atoms with E-state index in [-0.39, 0.29) is 41.9 Å². The molecular formula is C13H24N4O4S. The van der Waals surface area contributed by atoms with Crippen LogP contribution < -0.4 is 16.4 Å². The number of carbonyl (C=O) groups excluding carboxylic acids is 2. The van der Waals surface area contributed by atoms with E-state index in [4.69, 9.17) is 5.73 Å². The Labute approximate surface area is 130 Å². The number of urea groups is 1. The lowest BCUT2D eigenvalue weighted by molar-refractivity contribution is -0.119. The van der Waals surface area contributed by atoms with Crippen molar-refractivity contribution in [2.24, 2.45) is 11.7 Å². The molecule has 8 nitrogen and oxygen atoms in total. The summed E-state index contributed by atoms with van der Waals surface area (Å²) in [5.74, 6) is 0.0711. The summed E-state index contributed by atoms with van der Waals surface area (Å²) in [4.78, 5) is 24.6. The van der Waals surface area contributed by atoms with Crippen molar-refractivity contribution in [2.75, 3.05) is 37.7 Å². The number of likely N-dealkylation sites (tertiary alicyclic amines) is 1. The zero-order valence-electron chi connectivity index (χ0n) is 12.6. The van der Waals surface area contributed by atoms with Gasteiger partial charge in [-0.25, -0.2) is 13.2 Å². The molecular weight excluding hydrogens is 308 g/mol. The van der Waals surface area contributed by atoms with Crippen molar-refractivity contribution in [3.05, 3.63) is 0 Å². The van der Waals surface area contributed by atoms with Crippen molar-refractivity contribution in [1.82, 2.24) is 15.5 Å². The molecule has 2 saturated heterocycles. The largest absolute Gasteiger partial charge is 0.369 e. The lowest BCUT2D eigenvalue weighted by Gasteiger charge is -2.31. The van der Waals surface area contributed by atoms with E-state index in [9.17, 15) is 18.0 Å². The zero-order valence-corrected chi connectivity index (χ0v) is 13.4. The van der Waals surface area contributed by atoms with Crippen LogP contribution in [0.1, 0.15) is 19.3 Å². The molecule has 0 aliphatic carbocycles. The first-order valence-electron chi connectivity index (χ1n) is 7.59. The maximum Gasteiger partial charge on any atom is 0.315 e. The summed E-state index contributed by atoms with van der Waals surface area (Å²) in [5, 5.41) is 5.65. The number of sulfone groups is 1. The fourth-order valence-corrected chi connectivity index (χ4v) is 4.82. The summed E-state index contributed by atoms with van der Waals surface area (Å²) in [6.07, 6.45) is 2.17. The molecule has 9 heteroatoms. The molecule has 3 amide bonds. The molecule has 0 aromatic rings. The summed E-state index contributed by atoms with van der Waals surface area (Å²) in [6, 6.07) is -0.172. The molecule has 2 aliphatic rings. The van der Waals surface area contributed by atoms with E-state index in [0.717, 1.165) is 25.9 Å². The molecule has 0 radical (unpaired) electrons. The molecule has 2 aliphatic heterocycles. The predicted molar refractivity (Wildman–Crippen MR) is 82.0 cm³/mol. The van der Waals surface area contributed by atoms with Crippen LogP contribution >= 0.6 is 0 Å². The number of piperidine rings is 1. The second-order valence-electron chi connectivity index (χ2n) is 6.14. The smallest absolute Gasteiger partial charge is 0.315 e. The first-order valence-corrected chi connectivity index (χ1v) is 9.41. The molecule has 0 bridgehead atoms. The Morgan fingerprint density at radius 2 is 1.86 bits per heavy atom. The van der Waals surface area contributed by atoms with Crippen molar-refractivity contribution >= 4 is 21.8 Å². The van der Waals surface area contributed by atoms with Crippen molar-refractivity contribution in [2.45, 2.75) is 25.3 Å². The van der Waals surface area contributed by atoms with Gasteiger partial charge in [0.15, 0.2) is 9.84 Å². The fourth-order valence-electron chi connectivity index (χ4n) is 2.96. The molecule has 2 heterocycles. The summed E-state index contributed by atoms with van der Waals surface area (Å²) < 4.78 is 22.7. The third-order valence-electron chi connectivity index (χ3n) is 4.18. The number of primary amides is 1. The molecule has 2 fully saturated rings. The van der Waals surface area contributed by atoms with Gasteiger partial charge >= 0.3 is 6.03 Å². The van der Waals surface area contributed by atoms with Gasteiger partial charge in [0.05, 0.1) is 18.1 Å². The van der Waals surface area contributed by atoms with E-state index < -0.39 is 9.84 Å². The summed E-state index contributed by atoms with van der Waals surface area (Å²) >= 11 is 0. The summed E-state index contributed by atoms with van der Waals surface area (Å²) in [6.45, 7) is 2.12. The summed E-state index contributed by atoms with van der Waals surface area (Å²) in [7, 11) is -2.90. The van der Waals surface area contributed by atoms with E-state index in [0.29, 0.717) is 13.0 Å². The first-order chi connectivity index (χ1) is 10.3. The van der Waals surface area contributed by atoms with Crippen LogP contribution in [0.5, 0.6) is 0 Å². The maximum absolute atomic E-state index is 11.8. The lowest BCUT2D eigenvalue weighted by Crippen LogP contribution is -2.49. The quantitative estimate of drug-likeness (QED) is 0.576. The van der Waals surface area contributed by atoms with Crippen LogP contribution in [0.25, 0.3) is 0 Å². The van der Waals surface area contributed by atoms with E-state index in [1.165, 1.54) is 0 Å². The van der Waals surface area contributed by atoms with Crippen molar-refractivity contribution in [3.63, 3.8) is 0 Å². The third kappa shape index (κ3) is 5.45. The normalized spacial score (nSPS) is 25.7. The number of amides is 3. The second kappa shape index (κ2) is 7.28. The van der Waals surface area contributed by atoms with Gasteiger partial charge in [0.25, 0.3) is 0 Å². The van der Waals surface area contributed by atoms with E-state index in [1.807, 2.05) is 4.90 Å². The van der Waals surface area contributed by atoms with Crippen molar-refractivity contribution in [1.29, 1.82) is 0 Å². The van der Waals surface area contributed by atoms with E-state index >= 15 is 0 Å². The van der Waals surface area contributed by atoms with Crippen LogP contribution in [0.2, 0.25) is 0 Å². The van der Waals surface area contributed by atoms with Crippen LogP contribution in [0.15, 0.2) is 0 Å². The second-order valence-corrected chi connectivity index (χ2v) is 8.37. The monoisotopic (exact) mass is 332 g/mol. The van der Waals surface area contributed by atoms with Crippen LogP contribution in [-0.4, -0.2) is 69.0 Å². The van der Waals surface area contributed by atoms with Crippen LogP contribution in [0.3, 0.4) is 0 Å². The fraction of sp³-hybridized carbons (Fsp3) is 0.846. The van der Waals surface area contributed by atoms with Gasteiger partial charge in [-0.3, -0.25) is 9.69 Å². The van der Waals surface area contributed by atoms with Crippen molar-refractivity contribution in [3.8, 4) is 0 Å². The van der Waals surface area contributed by atoms with Gasteiger partial charge in [-0.15, -0.1) is 0 Å². The molecule has 1 unspecified atom stereocenters. The Kier molecular flexibility index (Phi) is 5.63. The van der Waals surface area contributed by atoms with Gasteiger partial charge < -0.3 is 16.4 Å². The van der Waals surface area contributed by atoms with Gasteiger partial charge in [-0.05, 0) is 25.2 Å². The van der Waals surface area contributed by atoms with Gasteiger partial charge in [0.2, 0.25) is 5.91 Å². The third-order valence-corrected chi connectivity index (χ3v) is 6.02. The molecule has 4 N–H and O–H groups in total. The number of nitrogens with two attached hydrogens (primary N) is 1. The van der Waals surface area contributed by atoms with Gasteiger partial charge in [-0.1, -0.05) is 0 Å². The van der Waals surface area contributed by atoms with Gasteiger partial charge in [0, 0.05) is 25.7 Å². The standard InChI is InChI=1S/C13H24N4O4S/c14-12(18)8-17-4-1-11(2-5-17)16-13(19)15-7-10-3-6-22(20,21)9-10/h10-11H,1-9H2,(H2,14,18)(H2,15,16,19). The maximum atomic E-state index is 11.8. The predicted octanol–water partition coefficient (Wildman–Crippen LogP) is -1.33. The van der Waals surface area contributed by atoms with E-state index in [2.05, 4.69) is 10.6 Å². The molecule has 0 aromatic carbocycles. The minimum Gasteiger partial charge on any atom is -0.369 e. The molecule has 0 aromatic heterocycles. The number of carbonyl (C=O) groups is 2. The number of nitrogens with one attached hydrogen (secondary N) is 2. The highest BCUT2D eigenvalue weighted by atomic mass is 32.2. The molecule has 0 spiro atoms. The molecule has 126 valence electrons. The first kappa shape index (κ1) is 17.0. The average molecular weight is 332 g/mol. The topological polar surface area (TPSA) is 122 Å². The highest BCUT2D eigenvalue weighted by molar-refractivity contribution is 7.91. The SMILES string of the molecule is NC(=O)CN1CCC(NC(=O)NCC2CCS(=O)(=O)C2)CC1. The Balaban J connectivity index is 1.63. The number of hydrogen-bond acceptors (Lipinski definition) is 5. The minimum absolute atomic E-state index is 0.0214. The lowest BCUT2D eigenvalue weighted by atomic mass is 10.1. The molecule has 1 atom stereocenters. The summed E-state index contributed by atoms with van der Waals surface area (Å²) in [5.41, 5.74) is 5.15. The zero-order chi connectivity index (χ0) is 16.2. The Morgan fingerprint density at radius 3 is 2.41 bits per heavy atom. The van der Waals surface area contributed by atoms with Crippen LogP contribution in [0, 0.1) is 5.92 Å². The van der Waals surface area contributed by atoms with Crippen molar-refractivity contribution < 1.29 is 18.0 Å². The van der Waals surface area contributed by atoms with Crippen LogP contribution in [0.4, 0.5) is 4.79 Å². The Hall–Kier alpha value is -1.35. The molecule has 0 saturated carbocycles. The highest BCUT2D eigenvalue weighted by Gasteiger charge is 2.28. The average Bonchev–Trinajstić information content (AvgIpc) is 2.78. The van der Waals surface area contributed by atoms with Gasteiger partial charge in [-0.2, -0.15) is 0 Å². The molecule has 22 heavy (non-hydrogen) atoms. The number of hydrogen-bond donors (Lipinski definition) is 3.